The van der Waals surface area contributed by atoms with Crippen LogP contribution in [0.3, 0.4) is 0 Å². The van der Waals surface area contributed by atoms with Crippen molar-refractivity contribution < 1.29 is 19.4 Å². The monoisotopic (exact) mass is 176 g/mol. The number of esters is 1. The molecule has 0 amide bonds. The van der Waals surface area contributed by atoms with E-state index in [0.29, 0.717) is 13.2 Å². The second-order valence-corrected chi connectivity index (χ2v) is 2.66. The highest BCUT2D eigenvalue weighted by atomic mass is 16.6. The minimum Gasteiger partial charge on any atom is -0.463 e. The largest absolute Gasteiger partial charge is 0.463 e. The van der Waals surface area contributed by atoms with Crippen LogP contribution in [0.5, 0.6) is 0 Å². The Kier molecular flexibility index (Phi) is 6.70. The summed E-state index contributed by atoms with van der Waals surface area (Å²) in [6, 6.07) is 0. The summed E-state index contributed by atoms with van der Waals surface area (Å²) in [4.78, 5) is 10.8. The molecule has 0 bridgehead atoms. The van der Waals surface area contributed by atoms with Crippen LogP contribution in [0.4, 0.5) is 0 Å². The summed E-state index contributed by atoms with van der Waals surface area (Å²) in [7, 11) is 0. The first-order valence-corrected chi connectivity index (χ1v) is 4.03. The molecule has 0 aromatic rings. The summed E-state index contributed by atoms with van der Waals surface area (Å²) in [5, 5.41) is 8.33. The Morgan fingerprint density at radius 2 is 2.00 bits per heavy atom. The van der Waals surface area contributed by atoms with Gasteiger partial charge in [-0.2, -0.15) is 0 Å². The molecule has 0 rings (SSSR count). The van der Waals surface area contributed by atoms with Crippen molar-refractivity contribution in [2.24, 2.45) is 5.92 Å². The van der Waals surface area contributed by atoms with Crippen LogP contribution < -0.4 is 0 Å². The molecule has 0 saturated heterocycles. The molecule has 0 radical (unpaired) electrons. The molecule has 0 fully saturated rings. The Hall–Kier alpha value is -0.610. The average molecular weight is 176 g/mol. The van der Waals surface area contributed by atoms with Crippen LogP contribution in [-0.4, -0.2) is 37.5 Å². The smallest absolute Gasteiger partial charge is 0.308 e. The fraction of sp³-hybridized carbons (Fsp3) is 0.875. The number of rotatable bonds is 6. The minimum absolute atomic E-state index is 0.00186. The molecule has 0 spiro atoms. The summed E-state index contributed by atoms with van der Waals surface area (Å²) in [5.74, 6) is -0.314. The van der Waals surface area contributed by atoms with Gasteiger partial charge in [0.15, 0.2) is 0 Å². The fourth-order valence-corrected chi connectivity index (χ4v) is 0.534. The Morgan fingerprint density at radius 3 is 2.50 bits per heavy atom. The van der Waals surface area contributed by atoms with Crippen molar-refractivity contribution >= 4 is 5.97 Å². The van der Waals surface area contributed by atoms with Crippen molar-refractivity contribution in [1.82, 2.24) is 0 Å². The number of carbonyl (C=O) groups is 1. The van der Waals surface area contributed by atoms with Crippen LogP contribution >= 0.6 is 0 Å². The quantitative estimate of drug-likeness (QED) is 0.464. The predicted octanol–water partition coefficient (Wildman–Crippen LogP) is 0.194. The van der Waals surface area contributed by atoms with Gasteiger partial charge >= 0.3 is 5.97 Å². The third kappa shape index (κ3) is 6.12. The third-order valence-corrected chi connectivity index (χ3v) is 1.18. The van der Waals surface area contributed by atoms with E-state index in [4.69, 9.17) is 14.6 Å². The van der Waals surface area contributed by atoms with E-state index in [1.807, 2.05) is 0 Å². The zero-order chi connectivity index (χ0) is 9.40. The van der Waals surface area contributed by atoms with Gasteiger partial charge < -0.3 is 14.6 Å². The topological polar surface area (TPSA) is 55.8 Å². The van der Waals surface area contributed by atoms with E-state index in [1.165, 1.54) is 0 Å². The molecule has 0 aromatic heterocycles. The summed E-state index contributed by atoms with van der Waals surface area (Å²) in [6.45, 7) is 4.45. The Bertz CT molecular complexity index is 122. The normalized spacial score (nSPS) is 10.3. The molecular formula is C8H16O4. The number of aliphatic hydroxyl groups excluding tert-OH is 1. The first kappa shape index (κ1) is 11.4. The maximum atomic E-state index is 10.8. The van der Waals surface area contributed by atoms with Crippen LogP contribution in [0.2, 0.25) is 0 Å². The lowest BCUT2D eigenvalue weighted by atomic mass is 10.2. The molecule has 1 N–H and O–H groups in total. The van der Waals surface area contributed by atoms with Gasteiger partial charge in [0.05, 0.1) is 25.7 Å². The Labute approximate surface area is 72.5 Å². The average Bonchev–Trinajstić information content (AvgIpc) is 2.03. The van der Waals surface area contributed by atoms with Gasteiger partial charge in [-0.25, -0.2) is 0 Å². The zero-order valence-electron chi connectivity index (χ0n) is 7.58. The van der Waals surface area contributed by atoms with Gasteiger partial charge in [0.2, 0.25) is 0 Å². The maximum absolute atomic E-state index is 10.8. The number of hydrogen-bond acceptors (Lipinski definition) is 4. The first-order chi connectivity index (χ1) is 5.68. The Morgan fingerprint density at radius 1 is 1.33 bits per heavy atom. The van der Waals surface area contributed by atoms with E-state index < -0.39 is 0 Å². The van der Waals surface area contributed by atoms with Crippen molar-refractivity contribution in [3.05, 3.63) is 0 Å². The van der Waals surface area contributed by atoms with Crippen LogP contribution in [0, 0.1) is 5.92 Å². The summed E-state index contributed by atoms with van der Waals surface area (Å²) < 4.78 is 9.69. The minimum atomic E-state index is -0.220. The third-order valence-electron chi connectivity index (χ3n) is 1.18. The van der Waals surface area contributed by atoms with Gasteiger partial charge in [-0.1, -0.05) is 13.8 Å². The number of aliphatic hydroxyl groups is 1. The van der Waals surface area contributed by atoms with E-state index >= 15 is 0 Å². The molecule has 4 nitrogen and oxygen atoms in total. The van der Waals surface area contributed by atoms with E-state index in [2.05, 4.69) is 0 Å². The molecule has 0 aromatic carbocycles. The highest BCUT2D eigenvalue weighted by Crippen LogP contribution is 1.94. The van der Waals surface area contributed by atoms with Crippen LogP contribution in [0.1, 0.15) is 13.8 Å². The SMILES string of the molecule is CC(C)C(=O)OCCOCCO. The number of hydrogen-bond donors (Lipinski definition) is 1. The van der Waals surface area contributed by atoms with Crippen LogP contribution in [-0.2, 0) is 14.3 Å². The van der Waals surface area contributed by atoms with E-state index in [-0.39, 0.29) is 25.1 Å². The van der Waals surface area contributed by atoms with Gasteiger partial charge in [0, 0.05) is 0 Å². The van der Waals surface area contributed by atoms with Crippen molar-refractivity contribution in [1.29, 1.82) is 0 Å². The standard InChI is InChI=1S/C8H16O4/c1-7(2)8(10)12-6-5-11-4-3-9/h7,9H,3-6H2,1-2H3. The predicted molar refractivity (Wildman–Crippen MR) is 43.7 cm³/mol. The van der Waals surface area contributed by atoms with Crippen molar-refractivity contribution in [2.45, 2.75) is 13.8 Å². The highest BCUT2D eigenvalue weighted by Gasteiger charge is 2.06. The number of carbonyl (C=O) groups excluding carboxylic acids is 1. The van der Waals surface area contributed by atoms with Gasteiger partial charge in [-0.3, -0.25) is 4.79 Å². The van der Waals surface area contributed by atoms with Gasteiger partial charge in [0.1, 0.15) is 6.61 Å². The molecule has 0 unspecified atom stereocenters. The second kappa shape index (κ2) is 7.06. The van der Waals surface area contributed by atoms with Crippen molar-refractivity contribution in [3.63, 3.8) is 0 Å². The number of ether oxygens (including phenoxy) is 2. The van der Waals surface area contributed by atoms with Gasteiger partial charge in [-0.05, 0) is 0 Å². The molecule has 0 aliphatic rings. The van der Waals surface area contributed by atoms with Crippen LogP contribution in [0.25, 0.3) is 0 Å². The lowest BCUT2D eigenvalue weighted by molar-refractivity contribution is -0.148. The molecule has 0 aliphatic carbocycles. The van der Waals surface area contributed by atoms with Gasteiger partial charge in [0.25, 0.3) is 0 Å². The lowest BCUT2D eigenvalue weighted by Crippen LogP contribution is -2.15. The van der Waals surface area contributed by atoms with E-state index in [1.54, 1.807) is 13.8 Å². The molecule has 0 aliphatic heterocycles. The lowest BCUT2D eigenvalue weighted by Gasteiger charge is -2.06. The first-order valence-electron chi connectivity index (χ1n) is 4.03. The van der Waals surface area contributed by atoms with Crippen molar-refractivity contribution in [3.8, 4) is 0 Å². The highest BCUT2D eigenvalue weighted by molar-refractivity contribution is 5.71. The summed E-state index contributed by atoms with van der Waals surface area (Å²) in [5.41, 5.74) is 0. The molecule has 0 saturated carbocycles. The van der Waals surface area contributed by atoms with E-state index in [9.17, 15) is 4.79 Å². The molecule has 0 atom stereocenters. The fourth-order valence-electron chi connectivity index (χ4n) is 0.534. The maximum Gasteiger partial charge on any atom is 0.308 e. The van der Waals surface area contributed by atoms with Crippen molar-refractivity contribution in [2.75, 3.05) is 26.4 Å². The molecule has 12 heavy (non-hydrogen) atoms. The summed E-state index contributed by atoms with van der Waals surface area (Å²) >= 11 is 0. The molecule has 72 valence electrons. The molecule has 4 heteroatoms. The molecule has 0 heterocycles. The van der Waals surface area contributed by atoms with Crippen LogP contribution in [0.15, 0.2) is 0 Å². The molecular weight excluding hydrogens is 160 g/mol. The summed E-state index contributed by atoms with van der Waals surface area (Å²) in [6.07, 6.45) is 0. The van der Waals surface area contributed by atoms with Gasteiger partial charge in [-0.15, -0.1) is 0 Å². The van der Waals surface area contributed by atoms with E-state index in [0.717, 1.165) is 0 Å². The zero-order valence-corrected chi connectivity index (χ0v) is 7.58. The second-order valence-electron chi connectivity index (χ2n) is 2.66. The Balaban J connectivity index is 3.14.